The first-order valence-corrected chi connectivity index (χ1v) is 16.4. The first-order chi connectivity index (χ1) is 21.3. The molecule has 5 rings (SSSR count). The summed E-state index contributed by atoms with van der Waals surface area (Å²) in [5.74, 6) is -0.157. The molecule has 0 spiro atoms. The number of hydrogen-bond acceptors (Lipinski definition) is 12. The van der Waals surface area contributed by atoms with E-state index in [4.69, 9.17) is 24.3 Å². The lowest BCUT2D eigenvalue weighted by molar-refractivity contribution is -0.154. The number of fused-ring (bicyclic) bond motifs is 1. The van der Waals surface area contributed by atoms with Gasteiger partial charge in [0, 0.05) is 13.3 Å². The molecule has 1 aliphatic heterocycles. The van der Waals surface area contributed by atoms with E-state index in [0.717, 1.165) is 24.8 Å². The molecule has 5 N–H and O–H groups in total. The van der Waals surface area contributed by atoms with Crippen molar-refractivity contribution in [1.82, 2.24) is 19.7 Å². The number of nitrogens with zero attached hydrogens (tertiary/aromatic N) is 4. The predicted molar refractivity (Wildman–Crippen MR) is 166 cm³/mol. The normalized spacial score (nSPS) is 26.1. The van der Waals surface area contributed by atoms with E-state index in [-0.39, 0.29) is 23.1 Å². The molecule has 1 aromatic carbocycles. The van der Waals surface area contributed by atoms with Crippen molar-refractivity contribution >= 4 is 31.3 Å². The standard InChI is InChI=1S/C30H41N6O8P/c1-18(28(39)42-20-7-6-8-20)35-45(40,44-21-11-9-19(10-12-21)29(2,3)4)41-15-23-25(37)26(38)30(43-23,16-32-5)24-14-13-22-27(31)33-17-34-36(22)24/h9-14,16-18,20,23,25-26,37-38H,6-8,15H2,1-5H3,(H,35,40)(H2,31,33,34)/t18-,23+,25+,26+,30-,45?/m0/s1. The van der Waals surface area contributed by atoms with E-state index in [2.05, 4.69) is 40.9 Å². The number of aliphatic imine (C=N–C) groups is 1. The highest BCUT2D eigenvalue weighted by Crippen LogP contribution is 2.47. The number of anilines is 1. The van der Waals surface area contributed by atoms with Crippen molar-refractivity contribution in [2.24, 2.45) is 4.99 Å². The molecule has 244 valence electrons. The number of benzene rings is 1. The number of nitrogen functional groups attached to an aromatic ring is 1. The van der Waals surface area contributed by atoms with Crippen LogP contribution < -0.4 is 15.3 Å². The van der Waals surface area contributed by atoms with Crippen LogP contribution in [0.5, 0.6) is 5.75 Å². The summed E-state index contributed by atoms with van der Waals surface area (Å²) in [5, 5.41) is 29.3. The van der Waals surface area contributed by atoms with Gasteiger partial charge in [-0.05, 0) is 61.4 Å². The van der Waals surface area contributed by atoms with Crippen LogP contribution in [0.2, 0.25) is 0 Å². The van der Waals surface area contributed by atoms with Crippen molar-refractivity contribution in [3.63, 3.8) is 0 Å². The molecule has 3 heterocycles. The van der Waals surface area contributed by atoms with E-state index in [9.17, 15) is 19.6 Å². The van der Waals surface area contributed by atoms with Crippen LogP contribution in [0.3, 0.4) is 0 Å². The van der Waals surface area contributed by atoms with Gasteiger partial charge in [0.15, 0.2) is 11.4 Å². The molecule has 0 amide bonds. The zero-order valence-corrected chi connectivity index (χ0v) is 26.9. The Balaban J connectivity index is 1.39. The molecule has 14 nitrogen and oxygen atoms in total. The van der Waals surface area contributed by atoms with Gasteiger partial charge in [0.25, 0.3) is 0 Å². The monoisotopic (exact) mass is 644 g/mol. The summed E-state index contributed by atoms with van der Waals surface area (Å²) in [6.07, 6.45) is 0.732. The molecular weight excluding hydrogens is 603 g/mol. The first kappa shape index (κ1) is 33.0. The SMILES string of the molecule is CN=C[C@@]1(c2ccc3c(N)ncnn23)O[C@H](COP(=O)(N[C@@H](C)C(=O)OC2CCC2)Oc2ccc(C(C)(C)C)cc2)[C@@H](O)[C@H]1O. The van der Waals surface area contributed by atoms with Gasteiger partial charge in [-0.25, -0.2) is 14.1 Å². The quantitative estimate of drug-likeness (QED) is 0.136. The Hall–Kier alpha value is -3.39. The first-order valence-electron chi connectivity index (χ1n) is 14.9. The van der Waals surface area contributed by atoms with Crippen LogP contribution in [0.4, 0.5) is 5.82 Å². The minimum Gasteiger partial charge on any atom is -0.461 e. The predicted octanol–water partition coefficient (Wildman–Crippen LogP) is 2.90. The number of esters is 1. The van der Waals surface area contributed by atoms with E-state index in [0.29, 0.717) is 11.2 Å². The summed E-state index contributed by atoms with van der Waals surface area (Å²) < 4.78 is 39.0. The highest BCUT2D eigenvalue weighted by atomic mass is 31.2. The van der Waals surface area contributed by atoms with Crippen LogP contribution in [-0.4, -0.2) is 81.1 Å². The van der Waals surface area contributed by atoms with Crippen LogP contribution in [0, 0.1) is 0 Å². The van der Waals surface area contributed by atoms with E-state index in [1.54, 1.807) is 24.3 Å². The van der Waals surface area contributed by atoms with E-state index >= 15 is 0 Å². The Morgan fingerprint density at radius 3 is 2.60 bits per heavy atom. The molecule has 1 aliphatic carbocycles. The smallest absolute Gasteiger partial charge is 0.459 e. The molecule has 2 aliphatic rings. The fourth-order valence-electron chi connectivity index (χ4n) is 5.27. The van der Waals surface area contributed by atoms with Crippen molar-refractivity contribution < 1.29 is 38.1 Å². The minimum atomic E-state index is -4.30. The fraction of sp³-hybridized carbons (Fsp3) is 0.533. The number of aliphatic hydroxyl groups excluding tert-OH is 2. The van der Waals surface area contributed by atoms with Gasteiger partial charge >= 0.3 is 13.7 Å². The molecule has 0 bridgehead atoms. The Kier molecular flexibility index (Phi) is 9.37. The summed E-state index contributed by atoms with van der Waals surface area (Å²) in [5.41, 5.74) is 6.03. The Labute approximate surface area is 261 Å². The van der Waals surface area contributed by atoms with Crippen molar-refractivity contribution in [3.05, 3.63) is 54.0 Å². The maximum absolute atomic E-state index is 14.2. The Bertz CT molecular complexity index is 1590. The molecule has 2 fully saturated rings. The van der Waals surface area contributed by atoms with Gasteiger partial charge in [-0.15, -0.1) is 0 Å². The number of rotatable bonds is 11. The van der Waals surface area contributed by atoms with Crippen LogP contribution in [-0.2, 0) is 34.4 Å². The van der Waals surface area contributed by atoms with Gasteiger partial charge in [-0.1, -0.05) is 32.9 Å². The third-order valence-electron chi connectivity index (χ3n) is 8.09. The highest BCUT2D eigenvalue weighted by Gasteiger charge is 2.56. The second kappa shape index (κ2) is 12.8. The molecule has 1 saturated heterocycles. The van der Waals surface area contributed by atoms with Crippen LogP contribution in [0.1, 0.15) is 58.2 Å². The molecular formula is C30H41N6O8P. The van der Waals surface area contributed by atoms with Gasteiger partial charge in [0.05, 0.1) is 12.3 Å². The number of nitrogens with one attached hydrogen (secondary N) is 1. The van der Waals surface area contributed by atoms with Gasteiger partial charge < -0.3 is 29.9 Å². The Morgan fingerprint density at radius 1 is 1.27 bits per heavy atom. The number of carbonyl (C=O) groups excluding carboxylic acids is 1. The van der Waals surface area contributed by atoms with E-state index < -0.39 is 50.3 Å². The van der Waals surface area contributed by atoms with E-state index in [1.807, 2.05) is 12.1 Å². The molecule has 45 heavy (non-hydrogen) atoms. The molecule has 6 atom stereocenters. The maximum atomic E-state index is 14.2. The van der Waals surface area contributed by atoms with Gasteiger partial charge in [-0.3, -0.25) is 14.3 Å². The summed E-state index contributed by atoms with van der Waals surface area (Å²) in [6.45, 7) is 7.21. The topological polar surface area (TPSA) is 192 Å². The Morgan fingerprint density at radius 2 is 1.98 bits per heavy atom. The largest absolute Gasteiger partial charge is 0.461 e. The minimum absolute atomic E-state index is 0.120. The summed E-state index contributed by atoms with van der Waals surface area (Å²) in [7, 11) is -2.81. The lowest BCUT2D eigenvalue weighted by Gasteiger charge is -2.29. The van der Waals surface area contributed by atoms with Gasteiger partial charge in [0.1, 0.15) is 48.1 Å². The summed E-state index contributed by atoms with van der Waals surface area (Å²) in [6, 6.07) is 9.27. The lowest BCUT2D eigenvalue weighted by atomic mass is 9.87. The zero-order valence-electron chi connectivity index (χ0n) is 26.0. The number of nitrogens with two attached hydrogens (primary N) is 1. The fourth-order valence-corrected chi connectivity index (χ4v) is 6.77. The third kappa shape index (κ3) is 6.76. The molecule has 0 radical (unpaired) electrons. The zero-order chi connectivity index (χ0) is 32.6. The van der Waals surface area contributed by atoms with Crippen molar-refractivity contribution in [2.75, 3.05) is 19.4 Å². The van der Waals surface area contributed by atoms with Crippen molar-refractivity contribution in [3.8, 4) is 5.75 Å². The maximum Gasteiger partial charge on any atom is 0.459 e. The van der Waals surface area contributed by atoms with Crippen molar-refractivity contribution in [2.45, 2.75) is 88.4 Å². The number of carbonyl (C=O) groups is 1. The van der Waals surface area contributed by atoms with Gasteiger partial charge in [0.2, 0.25) is 0 Å². The second-order valence-electron chi connectivity index (χ2n) is 12.4. The molecule has 1 saturated carbocycles. The van der Waals surface area contributed by atoms with Crippen LogP contribution in [0.25, 0.3) is 5.52 Å². The average molecular weight is 645 g/mol. The van der Waals surface area contributed by atoms with Crippen LogP contribution >= 0.6 is 7.75 Å². The number of aliphatic hydroxyl groups is 2. The number of hydrogen-bond donors (Lipinski definition) is 4. The molecule has 2 aromatic heterocycles. The molecule has 1 unspecified atom stereocenters. The second-order valence-corrected chi connectivity index (χ2v) is 14.1. The number of aromatic nitrogens is 3. The molecule has 3 aromatic rings. The van der Waals surface area contributed by atoms with E-state index in [1.165, 1.54) is 31.0 Å². The third-order valence-corrected chi connectivity index (χ3v) is 9.73. The van der Waals surface area contributed by atoms with Crippen molar-refractivity contribution in [1.29, 1.82) is 0 Å². The van der Waals surface area contributed by atoms with Crippen LogP contribution in [0.15, 0.2) is 47.7 Å². The highest BCUT2D eigenvalue weighted by molar-refractivity contribution is 7.52. The van der Waals surface area contributed by atoms with Gasteiger partial charge in [-0.2, -0.15) is 10.2 Å². The summed E-state index contributed by atoms with van der Waals surface area (Å²) in [4.78, 5) is 20.8. The average Bonchev–Trinajstić information content (AvgIpc) is 3.50. The lowest BCUT2D eigenvalue weighted by Crippen LogP contribution is -2.43. The number of ether oxygens (including phenoxy) is 2. The summed E-state index contributed by atoms with van der Waals surface area (Å²) >= 11 is 0. The molecule has 15 heteroatoms.